The highest BCUT2D eigenvalue weighted by Gasteiger charge is 2.10. The number of hydrogen-bond acceptors (Lipinski definition) is 3. The van der Waals surface area contributed by atoms with Crippen molar-refractivity contribution in [2.45, 2.75) is 0 Å². The highest BCUT2D eigenvalue weighted by atomic mass is 19.1. The summed E-state index contributed by atoms with van der Waals surface area (Å²) in [5.41, 5.74) is 6.42. The topological polar surface area (TPSA) is 65.2 Å². The summed E-state index contributed by atoms with van der Waals surface area (Å²) in [5, 5.41) is 0. The largest absolute Gasteiger partial charge is 0.497 e. The third-order valence-corrected chi connectivity index (χ3v) is 2.65. The lowest BCUT2D eigenvalue weighted by atomic mass is 10.1. The molecule has 0 aliphatic rings. The standard InChI is InChI=1S/C15H11FN2O2/c1-3-9-4-10(6-11(16)5-9)13-7-12(20-2)8-14(18-13)15(17)19/h1,4-8H,2H3,(H2,17,19). The maximum atomic E-state index is 13.5. The molecule has 0 saturated heterocycles. The summed E-state index contributed by atoms with van der Waals surface area (Å²) in [4.78, 5) is 15.3. The van der Waals surface area contributed by atoms with E-state index in [2.05, 4.69) is 10.9 Å². The molecule has 20 heavy (non-hydrogen) atoms. The number of carbonyl (C=O) groups is 1. The normalized spacial score (nSPS) is 9.85. The van der Waals surface area contributed by atoms with E-state index in [1.807, 2.05) is 0 Å². The molecular weight excluding hydrogens is 259 g/mol. The average molecular weight is 270 g/mol. The van der Waals surface area contributed by atoms with Crippen LogP contribution in [0, 0.1) is 18.2 Å². The fraction of sp³-hybridized carbons (Fsp3) is 0.0667. The van der Waals surface area contributed by atoms with Crippen molar-refractivity contribution in [2.24, 2.45) is 5.73 Å². The summed E-state index contributed by atoms with van der Waals surface area (Å²) in [6.07, 6.45) is 5.26. The number of hydrogen-bond donors (Lipinski definition) is 1. The first-order valence-electron chi connectivity index (χ1n) is 5.67. The lowest BCUT2D eigenvalue weighted by Crippen LogP contribution is -2.13. The molecule has 2 rings (SSSR count). The van der Waals surface area contributed by atoms with Crippen molar-refractivity contribution in [1.82, 2.24) is 4.98 Å². The fourth-order valence-electron chi connectivity index (χ4n) is 1.72. The van der Waals surface area contributed by atoms with Gasteiger partial charge in [0.15, 0.2) is 0 Å². The van der Waals surface area contributed by atoms with Crippen molar-refractivity contribution >= 4 is 5.91 Å². The van der Waals surface area contributed by atoms with Gasteiger partial charge in [0.05, 0.1) is 12.8 Å². The molecule has 1 aromatic carbocycles. The minimum Gasteiger partial charge on any atom is -0.497 e. The molecule has 0 spiro atoms. The molecule has 0 aliphatic carbocycles. The van der Waals surface area contributed by atoms with Gasteiger partial charge in [-0.25, -0.2) is 9.37 Å². The summed E-state index contributed by atoms with van der Waals surface area (Å²) in [6.45, 7) is 0. The Morgan fingerprint density at radius 3 is 2.70 bits per heavy atom. The van der Waals surface area contributed by atoms with Crippen LogP contribution in [0.2, 0.25) is 0 Å². The van der Waals surface area contributed by atoms with E-state index in [9.17, 15) is 9.18 Å². The lowest BCUT2D eigenvalue weighted by molar-refractivity contribution is 0.0995. The van der Waals surface area contributed by atoms with E-state index in [-0.39, 0.29) is 5.69 Å². The van der Waals surface area contributed by atoms with Crippen LogP contribution in [-0.4, -0.2) is 18.0 Å². The third kappa shape index (κ3) is 2.75. The molecule has 0 atom stereocenters. The smallest absolute Gasteiger partial charge is 0.267 e. The van der Waals surface area contributed by atoms with Crippen LogP contribution in [0.25, 0.3) is 11.3 Å². The molecule has 0 saturated carbocycles. The summed E-state index contributed by atoms with van der Waals surface area (Å²) >= 11 is 0. The zero-order chi connectivity index (χ0) is 14.7. The minimum atomic E-state index is -0.696. The molecule has 1 amide bonds. The lowest BCUT2D eigenvalue weighted by Gasteiger charge is -2.07. The summed E-state index contributed by atoms with van der Waals surface area (Å²) in [5.74, 6) is 1.57. The Morgan fingerprint density at radius 2 is 2.10 bits per heavy atom. The maximum Gasteiger partial charge on any atom is 0.267 e. The first-order chi connectivity index (χ1) is 9.53. The number of terminal acetylenes is 1. The monoisotopic (exact) mass is 270 g/mol. The highest BCUT2D eigenvalue weighted by Crippen LogP contribution is 2.24. The van der Waals surface area contributed by atoms with E-state index >= 15 is 0 Å². The van der Waals surface area contributed by atoms with Gasteiger partial charge in [0.2, 0.25) is 0 Å². The molecule has 0 aliphatic heterocycles. The van der Waals surface area contributed by atoms with Crippen molar-refractivity contribution in [3.63, 3.8) is 0 Å². The van der Waals surface area contributed by atoms with E-state index < -0.39 is 11.7 Å². The van der Waals surface area contributed by atoms with E-state index in [0.717, 1.165) is 0 Å². The number of primary amides is 1. The number of carbonyl (C=O) groups excluding carboxylic acids is 1. The molecule has 0 fully saturated rings. The van der Waals surface area contributed by atoms with E-state index in [4.69, 9.17) is 16.9 Å². The quantitative estimate of drug-likeness (QED) is 0.867. The second-order valence-corrected chi connectivity index (χ2v) is 4.01. The predicted octanol–water partition coefficient (Wildman–Crippen LogP) is 1.98. The zero-order valence-corrected chi connectivity index (χ0v) is 10.7. The summed E-state index contributed by atoms with van der Waals surface area (Å²) in [7, 11) is 1.45. The maximum absolute atomic E-state index is 13.5. The Morgan fingerprint density at radius 1 is 1.35 bits per heavy atom. The van der Waals surface area contributed by atoms with Crippen LogP contribution in [0.1, 0.15) is 16.1 Å². The SMILES string of the molecule is C#Cc1cc(F)cc(-c2cc(OC)cc(C(N)=O)n2)c1. The van der Waals surface area contributed by atoms with E-state index in [1.54, 1.807) is 12.1 Å². The number of pyridine rings is 1. The van der Waals surface area contributed by atoms with Gasteiger partial charge in [-0.1, -0.05) is 5.92 Å². The molecule has 1 heterocycles. The van der Waals surface area contributed by atoms with Crippen LogP contribution in [0.3, 0.4) is 0 Å². The van der Waals surface area contributed by atoms with Gasteiger partial charge in [-0.2, -0.15) is 0 Å². The van der Waals surface area contributed by atoms with Crippen LogP contribution < -0.4 is 10.5 Å². The van der Waals surface area contributed by atoms with Gasteiger partial charge in [-0.15, -0.1) is 6.42 Å². The minimum absolute atomic E-state index is 0.0332. The van der Waals surface area contributed by atoms with Crippen LogP contribution >= 0.6 is 0 Å². The van der Waals surface area contributed by atoms with Crippen molar-refractivity contribution in [2.75, 3.05) is 7.11 Å². The Kier molecular flexibility index (Phi) is 3.67. The Labute approximate surface area is 115 Å². The molecule has 0 radical (unpaired) electrons. The number of benzene rings is 1. The van der Waals surface area contributed by atoms with Gasteiger partial charge >= 0.3 is 0 Å². The Bertz CT molecular complexity index is 720. The number of ether oxygens (including phenoxy) is 1. The summed E-state index contributed by atoms with van der Waals surface area (Å²) < 4.78 is 18.6. The van der Waals surface area contributed by atoms with Crippen LogP contribution in [0.5, 0.6) is 5.75 Å². The Balaban J connectivity index is 2.63. The van der Waals surface area contributed by atoms with Crippen molar-refractivity contribution < 1.29 is 13.9 Å². The highest BCUT2D eigenvalue weighted by molar-refractivity contribution is 5.91. The second-order valence-electron chi connectivity index (χ2n) is 4.01. The van der Waals surface area contributed by atoms with Crippen molar-refractivity contribution in [1.29, 1.82) is 0 Å². The predicted molar refractivity (Wildman–Crippen MR) is 72.6 cm³/mol. The molecule has 2 N–H and O–H groups in total. The number of aromatic nitrogens is 1. The average Bonchev–Trinajstić information content (AvgIpc) is 2.45. The number of amides is 1. The second kappa shape index (κ2) is 5.41. The molecule has 1 aromatic heterocycles. The van der Waals surface area contributed by atoms with Crippen LogP contribution in [-0.2, 0) is 0 Å². The van der Waals surface area contributed by atoms with E-state index in [0.29, 0.717) is 22.6 Å². The van der Waals surface area contributed by atoms with E-state index in [1.165, 1.54) is 25.3 Å². The Hall–Kier alpha value is -2.87. The van der Waals surface area contributed by atoms with Crippen LogP contribution in [0.15, 0.2) is 30.3 Å². The number of nitrogens with two attached hydrogens (primary N) is 1. The molecular formula is C15H11FN2O2. The molecule has 5 heteroatoms. The van der Waals surface area contributed by atoms with Crippen molar-refractivity contribution in [3.8, 4) is 29.4 Å². The molecule has 2 aromatic rings. The number of rotatable bonds is 3. The fourth-order valence-corrected chi connectivity index (χ4v) is 1.72. The van der Waals surface area contributed by atoms with Gasteiger partial charge in [0.1, 0.15) is 17.3 Å². The molecule has 0 bridgehead atoms. The number of methoxy groups -OCH3 is 1. The summed E-state index contributed by atoms with van der Waals surface area (Å²) in [6, 6.07) is 7.08. The number of nitrogens with zero attached hydrogens (tertiary/aromatic N) is 1. The first kappa shape index (κ1) is 13.6. The zero-order valence-electron chi connectivity index (χ0n) is 10.7. The van der Waals surface area contributed by atoms with Gasteiger partial charge in [-0.05, 0) is 18.2 Å². The first-order valence-corrected chi connectivity index (χ1v) is 5.67. The van der Waals surface area contributed by atoms with Gasteiger partial charge in [0, 0.05) is 23.3 Å². The van der Waals surface area contributed by atoms with Crippen molar-refractivity contribution in [3.05, 3.63) is 47.4 Å². The van der Waals surface area contributed by atoms with Gasteiger partial charge in [0.25, 0.3) is 5.91 Å². The number of halogens is 1. The molecule has 0 unspecified atom stereocenters. The molecule has 100 valence electrons. The van der Waals surface area contributed by atoms with Crippen LogP contribution in [0.4, 0.5) is 4.39 Å². The third-order valence-electron chi connectivity index (χ3n) is 2.65. The van der Waals surface area contributed by atoms with Gasteiger partial charge in [-0.3, -0.25) is 4.79 Å². The van der Waals surface area contributed by atoms with Gasteiger partial charge < -0.3 is 10.5 Å². The molecule has 4 nitrogen and oxygen atoms in total.